The number of likely N-dealkylation sites (tertiary alicyclic amines) is 1. The van der Waals surface area contributed by atoms with Crippen LogP contribution >= 0.6 is 0 Å². The largest absolute Gasteiger partial charge is 0.378 e. The molecule has 0 aromatic carbocycles. The quantitative estimate of drug-likeness (QED) is 0.828. The summed E-state index contributed by atoms with van der Waals surface area (Å²) in [6.45, 7) is 6.96. The third kappa shape index (κ3) is 2.81. The van der Waals surface area contributed by atoms with Gasteiger partial charge in [-0.1, -0.05) is 6.42 Å². The van der Waals surface area contributed by atoms with Crippen molar-refractivity contribution in [1.82, 2.24) is 9.88 Å². The standard InChI is InChI=1S/C16H25N3O/c1-13-11-16(19-7-9-20-10-8-19)17-12-14(13)15-5-3-4-6-18(15)2/h11-12,15H,3-10H2,1-2H3/t15-/m0/s1. The molecule has 0 radical (unpaired) electrons. The van der Waals surface area contributed by atoms with E-state index in [4.69, 9.17) is 9.72 Å². The van der Waals surface area contributed by atoms with Crippen molar-refractivity contribution in [2.75, 3.05) is 44.8 Å². The number of hydrogen-bond acceptors (Lipinski definition) is 4. The SMILES string of the molecule is Cc1cc(N2CCOCC2)ncc1[C@@H]1CCCCN1C. The van der Waals surface area contributed by atoms with Gasteiger partial charge in [-0.3, -0.25) is 4.90 Å². The molecular formula is C16H25N3O. The first kappa shape index (κ1) is 13.8. The summed E-state index contributed by atoms with van der Waals surface area (Å²) in [6.07, 6.45) is 6.02. The normalized spacial score (nSPS) is 24.9. The highest BCUT2D eigenvalue weighted by Crippen LogP contribution is 2.32. The van der Waals surface area contributed by atoms with Gasteiger partial charge in [-0.2, -0.15) is 0 Å². The molecule has 2 aliphatic rings. The van der Waals surface area contributed by atoms with Crippen LogP contribution in [0.3, 0.4) is 0 Å². The van der Waals surface area contributed by atoms with Gasteiger partial charge in [-0.05, 0) is 50.6 Å². The molecule has 0 N–H and O–H groups in total. The fourth-order valence-electron chi connectivity index (χ4n) is 3.33. The van der Waals surface area contributed by atoms with E-state index in [-0.39, 0.29) is 0 Å². The van der Waals surface area contributed by atoms with Crippen LogP contribution in [0.4, 0.5) is 5.82 Å². The summed E-state index contributed by atoms with van der Waals surface area (Å²) in [5.41, 5.74) is 2.78. The summed E-state index contributed by atoms with van der Waals surface area (Å²) in [5.74, 6) is 1.10. The number of anilines is 1. The summed E-state index contributed by atoms with van der Waals surface area (Å²) in [4.78, 5) is 9.51. The lowest BCUT2D eigenvalue weighted by Gasteiger charge is -2.34. The van der Waals surface area contributed by atoms with Crippen LogP contribution in [0.1, 0.15) is 36.4 Å². The fourth-order valence-corrected chi connectivity index (χ4v) is 3.33. The van der Waals surface area contributed by atoms with Crippen LogP contribution in [0.15, 0.2) is 12.3 Å². The summed E-state index contributed by atoms with van der Waals surface area (Å²) < 4.78 is 5.41. The molecule has 1 atom stereocenters. The Kier molecular flexibility index (Phi) is 4.22. The first-order valence-corrected chi connectivity index (χ1v) is 7.75. The second-order valence-electron chi connectivity index (χ2n) is 5.99. The Bertz CT molecular complexity index is 457. The average Bonchev–Trinajstić information content (AvgIpc) is 2.49. The average molecular weight is 275 g/mol. The molecule has 4 nitrogen and oxygen atoms in total. The van der Waals surface area contributed by atoms with E-state index in [1.165, 1.54) is 36.9 Å². The summed E-state index contributed by atoms with van der Waals surface area (Å²) in [5, 5.41) is 0. The second kappa shape index (κ2) is 6.10. The zero-order chi connectivity index (χ0) is 13.9. The number of aryl methyl sites for hydroxylation is 1. The number of piperidine rings is 1. The Labute approximate surface area is 121 Å². The molecule has 2 fully saturated rings. The van der Waals surface area contributed by atoms with Crippen LogP contribution in [0, 0.1) is 6.92 Å². The molecule has 3 rings (SSSR count). The molecule has 0 bridgehead atoms. The predicted molar refractivity (Wildman–Crippen MR) is 81.2 cm³/mol. The van der Waals surface area contributed by atoms with E-state index in [2.05, 4.69) is 36.0 Å². The molecule has 0 amide bonds. The number of morpholine rings is 1. The van der Waals surface area contributed by atoms with E-state index < -0.39 is 0 Å². The molecule has 0 spiro atoms. The topological polar surface area (TPSA) is 28.6 Å². The van der Waals surface area contributed by atoms with Crippen LogP contribution in [0.25, 0.3) is 0 Å². The van der Waals surface area contributed by atoms with Gasteiger partial charge in [-0.25, -0.2) is 4.98 Å². The number of nitrogens with zero attached hydrogens (tertiary/aromatic N) is 3. The molecule has 0 aliphatic carbocycles. The van der Waals surface area contributed by atoms with Gasteiger partial charge in [0.05, 0.1) is 13.2 Å². The van der Waals surface area contributed by atoms with Gasteiger partial charge in [0.25, 0.3) is 0 Å². The Balaban J connectivity index is 1.79. The predicted octanol–water partition coefficient (Wildman–Crippen LogP) is 2.38. The first-order valence-electron chi connectivity index (χ1n) is 7.75. The Morgan fingerprint density at radius 2 is 2.00 bits per heavy atom. The minimum Gasteiger partial charge on any atom is -0.378 e. The van der Waals surface area contributed by atoms with E-state index in [0.717, 1.165) is 32.1 Å². The van der Waals surface area contributed by atoms with Crippen LogP contribution in [0.2, 0.25) is 0 Å². The van der Waals surface area contributed by atoms with Crippen molar-refractivity contribution in [3.05, 3.63) is 23.4 Å². The van der Waals surface area contributed by atoms with E-state index in [9.17, 15) is 0 Å². The van der Waals surface area contributed by atoms with Gasteiger partial charge in [0, 0.05) is 25.3 Å². The van der Waals surface area contributed by atoms with Crippen molar-refractivity contribution in [1.29, 1.82) is 0 Å². The maximum absolute atomic E-state index is 5.41. The van der Waals surface area contributed by atoms with E-state index in [0.29, 0.717) is 6.04 Å². The number of pyridine rings is 1. The Morgan fingerprint density at radius 3 is 2.70 bits per heavy atom. The molecule has 20 heavy (non-hydrogen) atoms. The lowest BCUT2D eigenvalue weighted by atomic mass is 9.94. The monoisotopic (exact) mass is 275 g/mol. The van der Waals surface area contributed by atoms with Crippen molar-refractivity contribution < 1.29 is 4.74 Å². The van der Waals surface area contributed by atoms with Crippen molar-refractivity contribution in [2.45, 2.75) is 32.2 Å². The van der Waals surface area contributed by atoms with E-state index in [1.807, 2.05) is 0 Å². The van der Waals surface area contributed by atoms with Crippen molar-refractivity contribution >= 4 is 5.82 Å². The fraction of sp³-hybridized carbons (Fsp3) is 0.688. The number of aromatic nitrogens is 1. The molecular weight excluding hydrogens is 250 g/mol. The highest BCUT2D eigenvalue weighted by Gasteiger charge is 2.23. The molecule has 1 aromatic rings. The minimum absolute atomic E-state index is 0.551. The Morgan fingerprint density at radius 1 is 1.20 bits per heavy atom. The number of rotatable bonds is 2. The maximum atomic E-state index is 5.41. The zero-order valence-corrected chi connectivity index (χ0v) is 12.6. The summed E-state index contributed by atoms with van der Waals surface area (Å²) in [7, 11) is 2.24. The van der Waals surface area contributed by atoms with Crippen LogP contribution in [0.5, 0.6) is 0 Å². The third-order valence-corrected chi connectivity index (χ3v) is 4.60. The molecule has 3 heterocycles. The van der Waals surface area contributed by atoms with Gasteiger partial charge in [0.2, 0.25) is 0 Å². The minimum atomic E-state index is 0.551. The van der Waals surface area contributed by atoms with Crippen LogP contribution < -0.4 is 4.90 Å². The van der Waals surface area contributed by atoms with Crippen molar-refractivity contribution in [2.24, 2.45) is 0 Å². The highest BCUT2D eigenvalue weighted by molar-refractivity contribution is 5.44. The zero-order valence-electron chi connectivity index (χ0n) is 12.6. The lowest BCUT2D eigenvalue weighted by molar-refractivity contribution is 0.122. The molecule has 2 saturated heterocycles. The van der Waals surface area contributed by atoms with E-state index in [1.54, 1.807) is 0 Å². The molecule has 4 heteroatoms. The van der Waals surface area contributed by atoms with Gasteiger partial charge >= 0.3 is 0 Å². The van der Waals surface area contributed by atoms with Gasteiger partial charge < -0.3 is 9.64 Å². The molecule has 110 valence electrons. The smallest absolute Gasteiger partial charge is 0.128 e. The van der Waals surface area contributed by atoms with Gasteiger partial charge in [-0.15, -0.1) is 0 Å². The van der Waals surface area contributed by atoms with Gasteiger partial charge in [0.15, 0.2) is 0 Å². The highest BCUT2D eigenvalue weighted by atomic mass is 16.5. The number of hydrogen-bond donors (Lipinski definition) is 0. The Hall–Kier alpha value is -1.13. The lowest BCUT2D eigenvalue weighted by Crippen LogP contribution is -2.37. The molecule has 0 unspecified atom stereocenters. The van der Waals surface area contributed by atoms with Crippen LogP contribution in [-0.4, -0.2) is 49.8 Å². The summed E-state index contributed by atoms with van der Waals surface area (Å²) >= 11 is 0. The molecule has 0 saturated carbocycles. The third-order valence-electron chi connectivity index (χ3n) is 4.60. The maximum Gasteiger partial charge on any atom is 0.128 e. The molecule has 1 aromatic heterocycles. The number of ether oxygens (including phenoxy) is 1. The van der Waals surface area contributed by atoms with Crippen molar-refractivity contribution in [3.63, 3.8) is 0 Å². The first-order chi connectivity index (χ1) is 9.75. The van der Waals surface area contributed by atoms with Gasteiger partial charge in [0.1, 0.15) is 5.82 Å². The van der Waals surface area contributed by atoms with Crippen molar-refractivity contribution in [3.8, 4) is 0 Å². The molecule has 2 aliphatic heterocycles. The second-order valence-corrected chi connectivity index (χ2v) is 5.99. The van der Waals surface area contributed by atoms with Crippen LogP contribution in [-0.2, 0) is 4.74 Å². The summed E-state index contributed by atoms with van der Waals surface area (Å²) in [6, 6.07) is 2.80. The van der Waals surface area contributed by atoms with E-state index >= 15 is 0 Å².